The molecular formula is C25H33F3N8O3. The van der Waals surface area contributed by atoms with E-state index < -0.39 is 34.4 Å². The molecule has 1 saturated heterocycles. The molecule has 0 spiro atoms. The molecule has 2 amide bonds. The lowest BCUT2D eigenvalue weighted by atomic mass is 9.87. The number of hydrogen-bond acceptors (Lipinski definition) is 9. The molecule has 212 valence electrons. The van der Waals surface area contributed by atoms with Crippen LogP contribution < -0.4 is 15.5 Å². The number of piperazine rings is 1. The SMILES string of the molecule is C[C@@H]1CN(c2ncnc3c2C(C)(C)CN3c2cc(C(N)=O)c(C(F)(F)F)nn2)[C@@H](C)CN1C(=O)OC(C)(C)C. The second-order valence-corrected chi connectivity index (χ2v) is 11.7. The van der Waals surface area contributed by atoms with Crippen LogP contribution in [-0.2, 0) is 16.3 Å². The number of rotatable bonds is 3. The molecule has 11 nitrogen and oxygen atoms in total. The van der Waals surface area contributed by atoms with Crippen molar-refractivity contribution in [3.63, 3.8) is 0 Å². The van der Waals surface area contributed by atoms with E-state index in [1.807, 2.05) is 48.5 Å². The number of halogens is 3. The number of aromatic nitrogens is 4. The van der Waals surface area contributed by atoms with E-state index in [-0.39, 0.29) is 24.0 Å². The van der Waals surface area contributed by atoms with Gasteiger partial charge in [-0.1, -0.05) is 13.8 Å². The summed E-state index contributed by atoms with van der Waals surface area (Å²) < 4.78 is 45.7. The fourth-order valence-electron chi connectivity index (χ4n) is 5.04. The van der Waals surface area contributed by atoms with Crippen LogP contribution >= 0.6 is 0 Å². The van der Waals surface area contributed by atoms with Gasteiger partial charge in [-0.3, -0.25) is 4.79 Å². The molecule has 1 fully saturated rings. The lowest BCUT2D eigenvalue weighted by molar-refractivity contribution is -0.142. The first kappa shape index (κ1) is 28.3. The number of nitrogens with two attached hydrogens (primary N) is 1. The van der Waals surface area contributed by atoms with Gasteiger partial charge in [0, 0.05) is 42.7 Å². The molecule has 2 atom stereocenters. The zero-order chi connectivity index (χ0) is 29.1. The van der Waals surface area contributed by atoms with Crippen LogP contribution in [-0.4, -0.2) is 74.4 Å². The topological polar surface area (TPSA) is 131 Å². The van der Waals surface area contributed by atoms with E-state index in [9.17, 15) is 22.8 Å². The van der Waals surface area contributed by atoms with Gasteiger partial charge in [0.2, 0.25) is 0 Å². The first-order chi connectivity index (χ1) is 17.9. The number of carbonyl (C=O) groups is 2. The molecule has 0 aromatic carbocycles. The average molecular weight is 551 g/mol. The Morgan fingerprint density at radius 1 is 1.05 bits per heavy atom. The summed E-state index contributed by atoms with van der Waals surface area (Å²) in [7, 11) is 0. The van der Waals surface area contributed by atoms with Crippen molar-refractivity contribution in [1.29, 1.82) is 0 Å². The van der Waals surface area contributed by atoms with E-state index in [2.05, 4.69) is 25.1 Å². The highest BCUT2D eigenvalue weighted by Crippen LogP contribution is 2.47. The molecule has 0 bridgehead atoms. The number of hydrogen-bond donors (Lipinski definition) is 1. The second kappa shape index (κ2) is 9.49. The molecule has 14 heteroatoms. The van der Waals surface area contributed by atoms with Gasteiger partial charge in [0.25, 0.3) is 5.91 Å². The number of anilines is 3. The van der Waals surface area contributed by atoms with Gasteiger partial charge < -0.3 is 25.2 Å². The Bertz CT molecular complexity index is 1290. The van der Waals surface area contributed by atoms with Crippen LogP contribution in [0.2, 0.25) is 0 Å². The van der Waals surface area contributed by atoms with Gasteiger partial charge >= 0.3 is 12.3 Å². The summed E-state index contributed by atoms with van der Waals surface area (Å²) in [5, 5.41) is 7.08. The van der Waals surface area contributed by atoms with Crippen molar-refractivity contribution in [3.05, 3.63) is 29.2 Å². The van der Waals surface area contributed by atoms with Crippen molar-refractivity contribution >= 4 is 29.5 Å². The fraction of sp³-hybridized carbons (Fsp3) is 0.600. The van der Waals surface area contributed by atoms with Gasteiger partial charge in [0.05, 0.1) is 5.56 Å². The Morgan fingerprint density at radius 2 is 1.69 bits per heavy atom. The average Bonchev–Trinajstić information content (AvgIpc) is 3.09. The smallest absolute Gasteiger partial charge is 0.435 e. The molecule has 0 saturated carbocycles. The van der Waals surface area contributed by atoms with E-state index in [1.165, 1.54) is 6.33 Å². The van der Waals surface area contributed by atoms with Crippen LogP contribution in [0.5, 0.6) is 0 Å². The molecule has 2 aliphatic rings. The third kappa shape index (κ3) is 5.41. The van der Waals surface area contributed by atoms with Crippen molar-refractivity contribution in [2.45, 2.75) is 77.7 Å². The van der Waals surface area contributed by atoms with E-state index in [4.69, 9.17) is 10.5 Å². The molecule has 2 aromatic rings. The molecule has 2 aromatic heterocycles. The Morgan fingerprint density at radius 3 is 2.28 bits per heavy atom. The minimum Gasteiger partial charge on any atom is -0.444 e. The maximum absolute atomic E-state index is 13.4. The Kier molecular flexibility index (Phi) is 6.88. The second-order valence-electron chi connectivity index (χ2n) is 11.7. The third-order valence-electron chi connectivity index (χ3n) is 6.77. The molecule has 2 N–H and O–H groups in total. The maximum Gasteiger partial charge on any atom is 0.435 e. The summed E-state index contributed by atoms with van der Waals surface area (Å²) in [6.45, 7) is 14.5. The predicted molar refractivity (Wildman–Crippen MR) is 137 cm³/mol. The van der Waals surface area contributed by atoms with E-state index in [0.29, 0.717) is 31.3 Å². The molecule has 2 aliphatic heterocycles. The normalized spacial score (nSPS) is 21.1. The van der Waals surface area contributed by atoms with Crippen molar-refractivity contribution in [2.24, 2.45) is 5.73 Å². The lowest BCUT2D eigenvalue weighted by Crippen LogP contribution is -2.59. The van der Waals surface area contributed by atoms with Crippen molar-refractivity contribution in [2.75, 3.05) is 29.4 Å². The highest BCUT2D eigenvalue weighted by atomic mass is 19.4. The number of amides is 2. The Balaban J connectivity index is 1.70. The number of fused-ring (bicyclic) bond motifs is 1. The number of nitrogens with zero attached hydrogens (tertiary/aromatic N) is 7. The Hall–Kier alpha value is -3.71. The van der Waals surface area contributed by atoms with Crippen LogP contribution in [0, 0.1) is 0 Å². The minimum absolute atomic E-state index is 0.0180. The summed E-state index contributed by atoms with van der Waals surface area (Å²) in [5.41, 5.74) is 2.65. The zero-order valence-corrected chi connectivity index (χ0v) is 23.0. The molecule has 39 heavy (non-hydrogen) atoms. The summed E-state index contributed by atoms with van der Waals surface area (Å²) in [5.74, 6) is -0.134. The van der Waals surface area contributed by atoms with Gasteiger partial charge in [0.15, 0.2) is 11.5 Å². The molecule has 0 radical (unpaired) electrons. The highest BCUT2D eigenvalue weighted by Gasteiger charge is 2.45. The molecule has 0 aliphatic carbocycles. The maximum atomic E-state index is 13.4. The van der Waals surface area contributed by atoms with Crippen molar-refractivity contribution in [3.8, 4) is 0 Å². The molecular weight excluding hydrogens is 517 g/mol. The quantitative estimate of drug-likeness (QED) is 0.608. The predicted octanol–water partition coefficient (Wildman–Crippen LogP) is 3.65. The number of ether oxygens (including phenoxy) is 1. The van der Waals surface area contributed by atoms with Gasteiger partial charge in [-0.25, -0.2) is 14.8 Å². The number of carbonyl (C=O) groups excluding carboxylic acids is 2. The van der Waals surface area contributed by atoms with Gasteiger partial charge in [-0.2, -0.15) is 13.2 Å². The van der Waals surface area contributed by atoms with Gasteiger partial charge in [0.1, 0.15) is 23.6 Å². The van der Waals surface area contributed by atoms with Crippen LogP contribution in [0.25, 0.3) is 0 Å². The van der Waals surface area contributed by atoms with E-state index in [1.54, 1.807) is 9.80 Å². The largest absolute Gasteiger partial charge is 0.444 e. The summed E-state index contributed by atoms with van der Waals surface area (Å²) in [6.07, 6.45) is -3.89. The minimum atomic E-state index is -4.89. The molecule has 4 rings (SSSR count). The number of primary amides is 1. The third-order valence-corrected chi connectivity index (χ3v) is 6.77. The van der Waals surface area contributed by atoms with Crippen molar-refractivity contribution in [1.82, 2.24) is 25.1 Å². The van der Waals surface area contributed by atoms with Crippen molar-refractivity contribution < 1.29 is 27.5 Å². The fourth-order valence-corrected chi connectivity index (χ4v) is 5.04. The van der Waals surface area contributed by atoms with E-state index in [0.717, 1.165) is 11.6 Å². The monoisotopic (exact) mass is 550 g/mol. The molecule has 0 unspecified atom stereocenters. The first-order valence-corrected chi connectivity index (χ1v) is 12.5. The van der Waals surface area contributed by atoms with Gasteiger partial charge in [-0.05, 0) is 40.7 Å². The Labute approximate surface area is 224 Å². The lowest BCUT2D eigenvalue weighted by Gasteiger charge is -2.45. The first-order valence-electron chi connectivity index (χ1n) is 12.5. The summed E-state index contributed by atoms with van der Waals surface area (Å²) >= 11 is 0. The summed E-state index contributed by atoms with van der Waals surface area (Å²) in [4.78, 5) is 39.1. The summed E-state index contributed by atoms with van der Waals surface area (Å²) in [6, 6.07) is 0.696. The standard InChI is InChI=1S/C25H33F3N8O3/c1-13-10-35(22(38)39-23(3,4)5)14(2)9-34(13)20-17-21(31-12-30-20)36(11-24(17,6)7)16-8-15(19(29)37)18(33-32-16)25(26,27)28/h8,12-14H,9-11H2,1-7H3,(H2,29,37)/t13-,14+/m0/s1. The van der Waals surface area contributed by atoms with Crippen LogP contribution in [0.15, 0.2) is 12.4 Å². The highest BCUT2D eigenvalue weighted by molar-refractivity contribution is 5.95. The van der Waals surface area contributed by atoms with E-state index >= 15 is 0 Å². The van der Waals surface area contributed by atoms with Crippen LogP contribution in [0.1, 0.15) is 70.1 Å². The van der Waals surface area contributed by atoms with Crippen LogP contribution in [0.3, 0.4) is 0 Å². The zero-order valence-electron chi connectivity index (χ0n) is 23.0. The van der Waals surface area contributed by atoms with Crippen LogP contribution in [0.4, 0.5) is 35.4 Å². The molecule has 4 heterocycles. The number of alkyl halides is 3. The van der Waals surface area contributed by atoms with Gasteiger partial charge in [-0.15, -0.1) is 10.2 Å².